The smallest absolute Gasteiger partial charge is 0.410 e. The molecule has 1 fully saturated rings. The van der Waals surface area contributed by atoms with Gasteiger partial charge in [-0.05, 0) is 52.2 Å². The number of nitrogens with zero attached hydrogens (tertiary/aromatic N) is 2. The summed E-state index contributed by atoms with van der Waals surface area (Å²) in [7, 11) is 0. The van der Waals surface area contributed by atoms with Crippen LogP contribution in [0.1, 0.15) is 50.4 Å². The van der Waals surface area contributed by atoms with Crippen molar-refractivity contribution in [2.24, 2.45) is 0 Å². The summed E-state index contributed by atoms with van der Waals surface area (Å²) in [6.07, 6.45) is 5.73. The van der Waals surface area contributed by atoms with E-state index in [4.69, 9.17) is 4.74 Å². The second-order valence-electron chi connectivity index (χ2n) is 6.78. The maximum atomic E-state index is 12.3. The van der Waals surface area contributed by atoms with Crippen LogP contribution in [-0.2, 0) is 4.74 Å². The predicted molar refractivity (Wildman–Crippen MR) is 87.1 cm³/mol. The fourth-order valence-corrected chi connectivity index (χ4v) is 2.58. The molecule has 6 nitrogen and oxygen atoms in total. The number of piperidine rings is 1. The summed E-state index contributed by atoms with van der Waals surface area (Å²) < 4.78 is 5.46. The van der Waals surface area contributed by atoms with Crippen LogP contribution < -0.4 is 5.32 Å². The van der Waals surface area contributed by atoms with Gasteiger partial charge in [0.2, 0.25) is 0 Å². The second-order valence-corrected chi connectivity index (χ2v) is 6.78. The fraction of sp³-hybridized carbons (Fsp3) is 0.588. The lowest BCUT2D eigenvalue weighted by atomic mass is 10.0. The van der Waals surface area contributed by atoms with E-state index in [1.165, 1.54) is 6.20 Å². The maximum Gasteiger partial charge on any atom is 0.410 e. The molecular formula is C17H25N3O3. The van der Waals surface area contributed by atoms with Gasteiger partial charge in [-0.15, -0.1) is 0 Å². The van der Waals surface area contributed by atoms with Crippen LogP contribution in [0, 0.1) is 0 Å². The molecule has 1 aliphatic heterocycles. The molecule has 0 bridgehead atoms. The molecule has 0 saturated carbocycles. The molecule has 2 heterocycles. The van der Waals surface area contributed by atoms with Gasteiger partial charge in [-0.2, -0.15) is 0 Å². The highest BCUT2D eigenvalue weighted by molar-refractivity contribution is 5.93. The van der Waals surface area contributed by atoms with Gasteiger partial charge in [-0.25, -0.2) is 4.79 Å². The van der Waals surface area contributed by atoms with Gasteiger partial charge in [-0.1, -0.05) is 0 Å². The summed E-state index contributed by atoms with van der Waals surface area (Å²) in [5, 5.41) is 2.89. The van der Waals surface area contributed by atoms with Gasteiger partial charge in [0.15, 0.2) is 0 Å². The average Bonchev–Trinajstić information content (AvgIpc) is 2.52. The van der Waals surface area contributed by atoms with E-state index in [1.54, 1.807) is 23.2 Å². The number of likely N-dealkylation sites (tertiary alicyclic amines) is 1. The van der Waals surface area contributed by atoms with E-state index < -0.39 is 5.60 Å². The van der Waals surface area contributed by atoms with Gasteiger partial charge < -0.3 is 15.0 Å². The Labute approximate surface area is 137 Å². The Bertz CT molecular complexity index is 540. The normalized spacial score (nSPS) is 18.4. The van der Waals surface area contributed by atoms with Crippen molar-refractivity contribution in [1.29, 1.82) is 0 Å². The maximum absolute atomic E-state index is 12.3. The van der Waals surface area contributed by atoms with Gasteiger partial charge in [0.25, 0.3) is 5.91 Å². The Morgan fingerprint density at radius 2 is 2.17 bits per heavy atom. The summed E-state index contributed by atoms with van der Waals surface area (Å²) in [4.78, 5) is 30.1. The van der Waals surface area contributed by atoms with Gasteiger partial charge in [0.1, 0.15) is 5.60 Å². The first-order valence-corrected chi connectivity index (χ1v) is 8.04. The number of carbonyl (C=O) groups is 2. The van der Waals surface area contributed by atoms with E-state index in [-0.39, 0.29) is 18.0 Å². The minimum absolute atomic E-state index is 0.0285. The van der Waals surface area contributed by atoms with Crippen molar-refractivity contribution >= 4 is 12.0 Å². The molecule has 126 valence electrons. The topological polar surface area (TPSA) is 71.5 Å². The van der Waals surface area contributed by atoms with Gasteiger partial charge >= 0.3 is 6.09 Å². The molecule has 0 spiro atoms. The van der Waals surface area contributed by atoms with Crippen molar-refractivity contribution < 1.29 is 14.3 Å². The first kappa shape index (κ1) is 17.2. The van der Waals surface area contributed by atoms with Crippen LogP contribution in [-0.4, -0.2) is 46.6 Å². The molecule has 6 heteroatoms. The van der Waals surface area contributed by atoms with E-state index in [2.05, 4.69) is 10.3 Å². The summed E-state index contributed by atoms with van der Waals surface area (Å²) >= 11 is 0. The number of rotatable bonds is 3. The number of amides is 2. The Morgan fingerprint density at radius 3 is 2.83 bits per heavy atom. The Hall–Kier alpha value is -2.11. The largest absolute Gasteiger partial charge is 0.444 e. The minimum Gasteiger partial charge on any atom is -0.444 e. The number of ether oxygens (including phenoxy) is 1. The van der Waals surface area contributed by atoms with E-state index in [0.717, 1.165) is 19.3 Å². The number of nitrogens with one attached hydrogen (secondary N) is 1. The first-order valence-electron chi connectivity index (χ1n) is 8.04. The van der Waals surface area contributed by atoms with E-state index in [1.807, 2.05) is 20.8 Å². The van der Waals surface area contributed by atoms with Crippen molar-refractivity contribution in [1.82, 2.24) is 15.2 Å². The fourth-order valence-electron chi connectivity index (χ4n) is 2.58. The summed E-state index contributed by atoms with van der Waals surface area (Å²) in [5.41, 5.74) is 0.00465. The lowest BCUT2D eigenvalue weighted by molar-refractivity contribution is 0.00986. The molecule has 1 aliphatic rings. The predicted octanol–water partition coefficient (Wildman–Crippen LogP) is 2.60. The summed E-state index contributed by atoms with van der Waals surface area (Å²) in [6.45, 7) is 6.66. The molecule has 23 heavy (non-hydrogen) atoms. The van der Waals surface area contributed by atoms with E-state index in [0.29, 0.717) is 18.7 Å². The van der Waals surface area contributed by atoms with Crippen molar-refractivity contribution in [2.45, 2.75) is 51.7 Å². The van der Waals surface area contributed by atoms with Crippen LogP contribution >= 0.6 is 0 Å². The van der Waals surface area contributed by atoms with Crippen LogP contribution in [0.4, 0.5) is 4.79 Å². The second kappa shape index (κ2) is 7.44. The lowest BCUT2D eigenvalue weighted by Crippen LogP contribution is -2.50. The summed E-state index contributed by atoms with van der Waals surface area (Å²) in [6, 6.07) is 3.41. The van der Waals surface area contributed by atoms with Gasteiger partial charge in [0, 0.05) is 25.5 Å². The molecule has 1 atom stereocenters. The summed E-state index contributed by atoms with van der Waals surface area (Å²) in [5.74, 6) is -0.173. The lowest BCUT2D eigenvalue weighted by Gasteiger charge is -2.36. The third-order valence-corrected chi connectivity index (χ3v) is 3.68. The van der Waals surface area contributed by atoms with Crippen molar-refractivity contribution in [3.63, 3.8) is 0 Å². The molecule has 0 aromatic carbocycles. The Morgan fingerprint density at radius 1 is 1.39 bits per heavy atom. The minimum atomic E-state index is -0.516. The molecule has 1 saturated heterocycles. The van der Waals surface area contributed by atoms with Crippen LogP contribution in [0.15, 0.2) is 24.5 Å². The standard InChI is InChI=1S/C17H25N3O3/c1-17(2,3)23-16(22)20-10-5-4-8-14(20)12-19-15(21)13-7-6-9-18-11-13/h6-7,9,11,14H,4-5,8,10,12H2,1-3H3,(H,19,21). The molecule has 0 aliphatic carbocycles. The first-order chi connectivity index (χ1) is 10.9. The van der Waals surface area contributed by atoms with E-state index >= 15 is 0 Å². The van der Waals surface area contributed by atoms with Gasteiger partial charge in [0.05, 0.1) is 11.6 Å². The van der Waals surface area contributed by atoms with Crippen molar-refractivity contribution in [3.8, 4) is 0 Å². The third-order valence-electron chi connectivity index (χ3n) is 3.68. The number of hydrogen-bond acceptors (Lipinski definition) is 4. The van der Waals surface area contributed by atoms with E-state index in [9.17, 15) is 9.59 Å². The monoisotopic (exact) mass is 319 g/mol. The molecule has 1 aromatic rings. The number of aromatic nitrogens is 1. The van der Waals surface area contributed by atoms with Crippen molar-refractivity contribution in [3.05, 3.63) is 30.1 Å². The van der Waals surface area contributed by atoms with Gasteiger partial charge in [-0.3, -0.25) is 9.78 Å². The molecule has 1 N–H and O–H groups in total. The number of hydrogen-bond donors (Lipinski definition) is 1. The zero-order valence-corrected chi connectivity index (χ0v) is 14.0. The van der Waals surface area contributed by atoms with Crippen LogP contribution in [0.25, 0.3) is 0 Å². The van der Waals surface area contributed by atoms with Crippen LogP contribution in [0.2, 0.25) is 0 Å². The number of pyridine rings is 1. The molecule has 1 unspecified atom stereocenters. The van der Waals surface area contributed by atoms with Crippen LogP contribution in [0.5, 0.6) is 0 Å². The SMILES string of the molecule is CC(C)(C)OC(=O)N1CCCCC1CNC(=O)c1cccnc1. The molecule has 2 rings (SSSR count). The molecule has 2 amide bonds. The van der Waals surface area contributed by atoms with Crippen molar-refractivity contribution in [2.75, 3.05) is 13.1 Å². The van der Waals surface area contributed by atoms with Crippen LogP contribution in [0.3, 0.4) is 0 Å². The highest BCUT2D eigenvalue weighted by Crippen LogP contribution is 2.20. The highest BCUT2D eigenvalue weighted by Gasteiger charge is 2.30. The Balaban J connectivity index is 1.93. The quantitative estimate of drug-likeness (QED) is 0.929. The molecular weight excluding hydrogens is 294 g/mol. The molecule has 1 aromatic heterocycles. The zero-order valence-electron chi connectivity index (χ0n) is 14.0. The zero-order chi connectivity index (χ0) is 16.9. The molecule has 0 radical (unpaired) electrons. The third kappa shape index (κ3) is 5.23. The Kier molecular flexibility index (Phi) is 5.58. The number of carbonyl (C=O) groups excluding carboxylic acids is 2. The average molecular weight is 319 g/mol. The highest BCUT2D eigenvalue weighted by atomic mass is 16.6.